The molecule has 0 radical (unpaired) electrons. The van der Waals surface area contributed by atoms with E-state index in [-0.39, 0.29) is 5.91 Å². The molecule has 0 aliphatic carbocycles. The highest BCUT2D eigenvalue weighted by atomic mass is 16.2. The van der Waals surface area contributed by atoms with Crippen LogP contribution in [-0.2, 0) is 0 Å². The number of hydrogen-bond acceptors (Lipinski definition) is 2. The molecule has 4 nitrogen and oxygen atoms in total. The molecule has 2 rings (SSSR count). The van der Waals surface area contributed by atoms with Gasteiger partial charge in [0.1, 0.15) is 11.8 Å². The van der Waals surface area contributed by atoms with Crippen LogP contribution in [0.5, 0.6) is 0 Å². The fraction of sp³-hybridized carbons (Fsp3) is 0.250. The number of carbonyl (C=O) groups excluding carboxylic acids is 1. The summed E-state index contributed by atoms with van der Waals surface area (Å²) in [6.45, 7) is 1.67. The molecule has 1 N–H and O–H groups in total. The van der Waals surface area contributed by atoms with Crippen LogP contribution in [0.2, 0.25) is 0 Å². The van der Waals surface area contributed by atoms with Crippen molar-refractivity contribution in [1.29, 1.82) is 5.26 Å². The van der Waals surface area contributed by atoms with Gasteiger partial charge in [0.05, 0.1) is 5.56 Å². The van der Waals surface area contributed by atoms with Crippen molar-refractivity contribution in [3.63, 3.8) is 0 Å². The number of carbonyl (C=O) groups is 1. The molecular formula is C8H7N3O. The lowest BCUT2D eigenvalue weighted by atomic mass is 10.3. The van der Waals surface area contributed by atoms with Crippen molar-refractivity contribution in [2.45, 2.75) is 0 Å². The molecule has 0 atom stereocenters. The van der Waals surface area contributed by atoms with E-state index in [1.165, 1.54) is 6.20 Å². The predicted molar refractivity (Wildman–Crippen MR) is 41.4 cm³/mol. The average Bonchev–Trinajstić information content (AvgIpc) is 2.82. The fourth-order valence-corrected chi connectivity index (χ4v) is 1.01. The van der Waals surface area contributed by atoms with Gasteiger partial charge < -0.3 is 9.88 Å². The molecule has 0 bridgehead atoms. The molecule has 1 fully saturated rings. The number of amides is 1. The zero-order valence-corrected chi connectivity index (χ0v) is 6.37. The summed E-state index contributed by atoms with van der Waals surface area (Å²) in [6, 6.07) is 3.53. The van der Waals surface area contributed by atoms with Crippen LogP contribution in [0.4, 0.5) is 0 Å². The van der Waals surface area contributed by atoms with E-state index in [4.69, 9.17) is 5.26 Å². The monoisotopic (exact) mass is 161 g/mol. The van der Waals surface area contributed by atoms with Gasteiger partial charge in [0.15, 0.2) is 0 Å². The standard InChI is InChI=1S/C8H7N3O/c9-4-6-3-7(10-5-6)8(12)11-1-2-11/h3,5,10H,1-2H2. The summed E-state index contributed by atoms with van der Waals surface area (Å²) < 4.78 is 0. The van der Waals surface area contributed by atoms with Gasteiger partial charge in [-0.3, -0.25) is 4.79 Å². The van der Waals surface area contributed by atoms with Crippen LogP contribution in [0, 0.1) is 11.3 Å². The van der Waals surface area contributed by atoms with E-state index < -0.39 is 0 Å². The van der Waals surface area contributed by atoms with Gasteiger partial charge in [0.25, 0.3) is 5.91 Å². The summed E-state index contributed by atoms with van der Waals surface area (Å²) in [4.78, 5) is 15.8. The molecule has 0 spiro atoms. The van der Waals surface area contributed by atoms with Crippen LogP contribution in [0.1, 0.15) is 16.1 Å². The van der Waals surface area contributed by atoms with Gasteiger partial charge in [0, 0.05) is 19.3 Å². The molecule has 1 aromatic heterocycles. The first kappa shape index (κ1) is 6.92. The van der Waals surface area contributed by atoms with Gasteiger partial charge in [-0.2, -0.15) is 5.26 Å². The van der Waals surface area contributed by atoms with E-state index in [0.29, 0.717) is 11.3 Å². The number of rotatable bonds is 1. The SMILES string of the molecule is N#Cc1c[nH]c(C(=O)N2CC2)c1. The Balaban J connectivity index is 2.22. The topological polar surface area (TPSA) is 59.7 Å². The Morgan fingerprint density at radius 2 is 2.42 bits per heavy atom. The molecule has 1 aliphatic rings. The predicted octanol–water partition coefficient (Wildman–Crippen LogP) is 0.342. The van der Waals surface area contributed by atoms with Gasteiger partial charge in [-0.1, -0.05) is 0 Å². The maximum atomic E-state index is 11.3. The third-order valence-corrected chi connectivity index (χ3v) is 1.78. The quantitative estimate of drug-likeness (QED) is 0.604. The van der Waals surface area contributed by atoms with Crippen LogP contribution >= 0.6 is 0 Å². The maximum absolute atomic E-state index is 11.3. The molecule has 0 saturated carbocycles. The molecule has 2 heterocycles. The second kappa shape index (κ2) is 2.38. The van der Waals surface area contributed by atoms with E-state index in [1.807, 2.05) is 6.07 Å². The molecule has 12 heavy (non-hydrogen) atoms. The summed E-state index contributed by atoms with van der Waals surface area (Å²) >= 11 is 0. The average molecular weight is 161 g/mol. The lowest BCUT2D eigenvalue weighted by molar-refractivity contribution is 0.0881. The molecule has 60 valence electrons. The number of H-pyrrole nitrogens is 1. The lowest BCUT2D eigenvalue weighted by Gasteiger charge is -1.95. The van der Waals surface area contributed by atoms with Gasteiger partial charge in [-0.15, -0.1) is 0 Å². The van der Waals surface area contributed by atoms with Gasteiger partial charge in [0.2, 0.25) is 0 Å². The fourth-order valence-electron chi connectivity index (χ4n) is 1.01. The van der Waals surface area contributed by atoms with Crippen LogP contribution in [-0.4, -0.2) is 28.9 Å². The molecule has 1 aromatic rings. The zero-order valence-electron chi connectivity index (χ0n) is 6.37. The van der Waals surface area contributed by atoms with Crippen molar-refractivity contribution in [2.75, 3.05) is 13.1 Å². The number of aromatic nitrogens is 1. The Morgan fingerprint density at radius 3 is 2.92 bits per heavy atom. The molecule has 0 aromatic carbocycles. The first-order valence-corrected chi connectivity index (χ1v) is 3.69. The minimum absolute atomic E-state index is 0.0171. The van der Waals surface area contributed by atoms with Crippen LogP contribution < -0.4 is 0 Å². The molecular weight excluding hydrogens is 154 g/mol. The largest absolute Gasteiger partial charge is 0.356 e. The minimum Gasteiger partial charge on any atom is -0.356 e. The van der Waals surface area contributed by atoms with Gasteiger partial charge in [-0.05, 0) is 6.07 Å². The number of aromatic amines is 1. The van der Waals surface area contributed by atoms with E-state index in [9.17, 15) is 4.79 Å². The summed E-state index contributed by atoms with van der Waals surface area (Å²) in [5.41, 5.74) is 1.00. The van der Waals surface area contributed by atoms with Crippen LogP contribution in [0.15, 0.2) is 12.3 Å². The zero-order chi connectivity index (χ0) is 8.55. The first-order valence-electron chi connectivity index (χ1n) is 3.69. The van der Waals surface area contributed by atoms with Crippen molar-refractivity contribution in [3.8, 4) is 6.07 Å². The minimum atomic E-state index is -0.0171. The van der Waals surface area contributed by atoms with E-state index >= 15 is 0 Å². The Labute approximate surface area is 69.4 Å². The molecule has 1 aliphatic heterocycles. The van der Waals surface area contributed by atoms with Crippen molar-refractivity contribution in [2.24, 2.45) is 0 Å². The Bertz CT molecular complexity index is 357. The second-order valence-corrected chi connectivity index (χ2v) is 2.71. The Hall–Kier alpha value is -1.76. The van der Waals surface area contributed by atoms with E-state index in [2.05, 4.69) is 4.98 Å². The third kappa shape index (κ3) is 1.05. The Kier molecular flexibility index (Phi) is 1.37. The highest BCUT2D eigenvalue weighted by Gasteiger charge is 2.25. The van der Waals surface area contributed by atoms with Crippen molar-refractivity contribution in [1.82, 2.24) is 9.88 Å². The first-order chi connectivity index (χ1) is 5.81. The van der Waals surface area contributed by atoms with E-state index in [1.54, 1.807) is 11.0 Å². The molecule has 0 unspecified atom stereocenters. The maximum Gasteiger partial charge on any atom is 0.270 e. The van der Waals surface area contributed by atoms with Crippen LogP contribution in [0.3, 0.4) is 0 Å². The lowest BCUT2D eigenvalue weighted by Crippen LogP contribution is -2.10. The Morgan fingerprint density at radius 1 is 1.67 bits per heavy atom. The summed E-state index contributed by atoms with van der Waals surface area (Å²) in [5, 5.41) is 8.49. The molecule has 4 heteroatoms. The molecule has 1 saturated heterocycles. The van der Waals surface area contributed by atoms with Crippen molar-refractivity contribution in [3.05, 3.63) is 23.5 Å². The van der Waals surface area contributed by atoms with E-state index in [0.717, 1.165) is 13.1 Å². The highest BCUT2D eigenvalue weighted by molar-refractivity contribution is 5.94. The van der Waals surface area contributed by atoms with Crippen molar-refractivity contribution >= 4 is 5.91 Å². The number of nitriles is 1. The summed E-state index contributed by atoms with van der Waals surface area (Å²) in [5.74, 6) is -0.0171. The van der Waals surface area contributed by atoms with Crippen LogP contribution in [0.25, 0.3) is 0 Å². The summed E-state index contributed by atoms with van der Waals surface area (Å²) in [7, 11) is 0. The van der Waals surface area contributed by atoms with Gasteiger partial charge >= 0.3 is 0 Å². The van der Waals surface area contributed by atoms with Gasteiger partial charge in [-0.25, -0.2) is 0 Å². The number of nitrogens with zero attached hydrogens (tertiary/aromatic N) is 2. The summed E-state index contributed by atoms with van der Waals surface area (Å²) in [6.07, 6.45) is 1.54. The number of nitrogens with one attached hydrogen (secondary N) is 1. The van der Waals surface area contributed by atoms with Crippen molar-refractivity contribution < 1.29 is 4.79 Å². The molecule has 1 amide bonds. The highest BCUT2D eigenvalue weighted by Crippen LogP contribution is 2.11. The second-order valence-electron chi connectivity index (χ2n) is 2.71. The normalized spacial score (nSPS) is 14.1. The smallest absolute Gasteiger partial charge is 0.270 e. The number of hydrogen-bond donors (Lipinski definition) is 1. The third-order valence-electron chi connectivity index (χ3n) is 1.78.